The fourth-order valence-corrected chi connectivity index (χ4v) is 4.26. The molecule has 2 fully saturated rings. The maximum absolute atomic E-state index is 12.2. The van der Waals surface area contributed by atoms with Crippen molar-refractivity contribution in [1.82, 2.24) is 9.80 Å². The smallest absolute Gasteiger partial charge is 0.352 e. The van der Waals surface area contributed by atoms with Crippen molar-refractivity contribution in [2.24, 2.45) is 17.8 Å². The number of carboxylic acid groups (broad SMARTS) is 1. The molecule has 22 heavy (non-hydrogen) atoms. The Morgan fingerprint density at radius 2 is 2.09 bits per heavy atom. The molecule has 3 rings (SSSR count). The molecular weight excluding hydrogens is 284 g/mol. The van der Waals surface area contributed by atoms with Crippen LogP contribution in [0.15, 0.2) is 11.3 Å². The van der Waals surface area contributed by atoms with E-state index in [9.17, 15) is 19.8 Å². The number of carbonyl (C=O) groups is 2. The van der Waals surface area contributed by atoms with Gasteiger partial charge in [0, 0.05) is 19.0 Å². The van der Waals surface area contributed by atoms with Gasteiger partial charge in [-0.15, -0.1) is 0 Å². The van der Waals surface area contributed by atoms with Gasteiger partial charge in [-0.05, 0) is 31.4 Å². The van der Waals surface area contributed by atoms with E-state index < -0.39 is 18.0 Å². The number of likely N-dealkylation sites (tertiary alicyclic amines) is 1. The van der Waals surface area contributed by atoms with Crippen LogP contribution in [0.25, 0.3) is 0 Å². The van der Waals surface area contributed by atoms with Crippen LogP contribution >= 0.6 is 0 Å². The van der Waals surface area contributed by atoms with Gasteiger partial charge in [-0.2, -0.15) is 0 Å². The first-order chi connectivity index (χ1) is 10.3. The molecule has 2 N–H and O–H groups in total. The van der Waals surface area contributed by atoms with Crippen molar-refractivity contribution >= 4 is 11.9 Å². The van der Waals surface area contributed by atoms with Crippen LogP contribution in [0.2, 0.25) is 0 Å². The quantitative estimate of drug-likeness (QED) is 0.740. The fraction of sp³-hybridized carbons (Fsp3) is 0.750. The van der Waals surface area contributed by atoms with E-state index in [1.165, 1.54) is 4.90 Å². The number of hydrogen-bond donors (Lipinski definition) is 2. The van der Waals surface area contributed by atoms with Crippen LogP contribution in [0.3, 0.4) is 0 Å². The molecule has 5 atom stereocenters. The van der Waals surface area contributed by atoms with Crippen molar-refractivity contribution in [2.75, 3.05) is 19.6 Å². The molecule has 0 saturated carbocycles. The summed E-state index contributed by atoms with van der Waals surface area (Å²) in [7, 11) is 0. The van der Waals surface area contributed by atoms with Gasteiger partial charge in [-0.25, -0.2) is 4.79 Å². The third-order valence-electron chi connectivity index (χ3n) is 5.42. The monoisotopic (exact) mass is 308 g/mol. The number of carboxylic acids is 1. The summed E-state index contributed by atoms with van der Waals surface area (Å²) in [5.41, 5.74) is 0.988. The Morgan fingerprint density at radius 3 is 2.59 bits per heavy atom. The number of carbonyl (C=O) groups excluding carboxylic acids is 1. The predicted octanol–water partition coefficient (Wildman–Crippen LogP) is 0.524. The van der Waals surface area contributed by atoms with Gasteiger partial charge in [0.25, 0.3) is 0 Å². The van der Waals surface area contributed by atoms with Crippen LogP contribution < -0.4 is 0 Å². The summed E-state index contributed by atoms with van der Waals surface area (Å²) in [6, 6.07) is -0.200. The molecule has 0 aliphatic carbocycles. The van der Waals surface area contributed by atoms with Crippen LogP contribution in [-0.2, 0) is 9.59 Å². The first-order valence-electron chi connectivity index (χ1n) is 8.02. The number of aliphatic hydroxyl groups excluding tert-OH is 1. The second-order valence-corrected chi connectivity index (χ2v) is 7.06. The molecule has 2 saturated heterocycles. The topological polar surface area (TPSA) is 81.1 Å². The molecule has 0 bridgehead atoms. The van der Waals surface area contributed by atoms with Crippen molar-refractivity contribution < 1.29 is 19.8 Å². The summed E-state index contributed by atoms with van der Waals surface area (Å²) in [6.07, 6.45) is 0.393. The zero-order chi connectivity index (χ0) is 16.2. The normalized spacial score (nSPS) is 36.5. The van der Waals surface area contributed by atoms with Crippen molar-refractivity contribution in [3.05, 3.63) is 11.3 Å². The van der Waals surface area contributed by atoms with E-state index in [2.05, 4.69) is 11.8 Å². The zero-order valence-electron chi connectivity index (χ0n) is 13.3. The van der Waals surface area contributed by atoms with Gasteiger partial charge >= 0.3 is 5.97 Å². The number of fused-ring (bicyclic) bond motifs is 1. The highest BCUT2D eigenvalue weighted by molar-refractivity contribution is 6.00. The third kappa shape index (κ3) is 2.16. The minimum Gasteiger partial charge on any atom is -0.477 e. The van der Waals surface area contributed by atoms with Crippen molar-refractivity contribution in [2.45, 2.75) is 39.3 Å². The van der Waals surface area contributed by atoms with Crippen LogP contribution in [0.1, 0.15) is 27.2 Å². The van der Waals surface area contributed by atoms with Gasteiger partial charge in [-0.1, -0.05) is 13.8 Å². The SMILES string of the molecule is C[C@@H]1CCN(CC2=C(C(=O)O)N3C(=O)C([C@@H](C)O)C3[C@H]2C)C1. The van der Waals surface area contributed by atoms with Crippen molar-refractivity contribution in [1.29, 1.82) is 0 Å². The summed E-state index contributed by atoms with van der Waals surface area (Å²) in [5, 5.41) is 19.4. The molecule has 0 aromatic carbocycles. The summed E-state index contributed by atoms with van der Waals surface area (Å²) >= 11 is 0. The predicted molar refractivity (Wildman–Crippen MR) is 79.9 cm³/mol. The Hall–Kier alpha value is -1.40. The molecule has 3 heterocycles. The average Bonchev–Trinajstić information content (AvgIpc) is 2.92. The lowest BCUT2D eigenvalue weighted by atomic mass is 9.77. The largest absolute Gasteiger partial charge is 0.477 e. The number of aliphatic hydroxyl groups is 1. The number of β-lactam (4-membered cyclic amide) rings is 1. The average molecular weight is 308 g/mol. The maximum Gasteiger partial charge on any atom is 0.352 e. The molecule has 1 amide bonds. The Kier molecular flexibility index (Phi) is 3.77. The summed E-state index contributed by atoms with van der Waals surface area (Å²) in [4.78, 5) is 27.6. The first kappa shape index (κ1) is 15.5. The molecule has 2 unspecified atom stereocenters. The fourth-order valence-electron chi connectivity index (χ4n) is 4.26. The van der Waals surface area contributed by atoms with E-state index in [1.807, 2.05) is 6.92 Å². The minimum absolute atomic E-state index is 0.0145. The summed E-state index contributed by atoms with van der Waals surface area (Å²) in [5.74, 6) is -1.14. The highest BCUT2D eigenvalue weighted by atomic mass is 16.4. The lowest BCUT2D eigenvalue weighted by Gasteiger charge is -2.46. The zero-order valence-corrected chi connectivity index (χ0v) is 13.3. The Bertz CT molecular complexity index is 542. The molecule has 3 aliphatic heterocycles. The maximum atomic E-state index is 12.2. The van der Waals surface area contributed by atoms with Crippen molar-refractivity contribution in [3.8, 4) is 0 Å². The van der Waals surface area contributed by atoms with E-state index in [0.717, 1.165) is 25.1 Å². The van der Waals surface area contributed by atoms with E-state index in [0.29, 0.717) is 12.5 Å². The Morgan fingerprint density at radius 1 is 1.41 bits per heavy atom. The second-order valence-electron chi connectivity index (χ2n) is 7.06. The number of amides is 1. The van der Waals surface area contributed by atoms with Gasteiger partial charge in [0.15, 0.2) is 0 Å². The lowest BCUT2D eigenvalue weighted by molar-refractivity contribution is -0.163. The number of nitrogens with zero attached hydrogens (tertiary/aromatic N) is 2. The van der Waals surface area contributed by atoms with E-state index in [-0.39, 0.29) is 23.6 Å². The number of aliphatic carboxylic acids is 1. The molecule has 0 radical (unpaired) electrons. The highest BCUT2D eigenvalue weighted by Gasteiger charge is 2.59. The summed E-state index contributed by atoms with van der Waals surface area (Å²) < 4.78 is 0. The molecule has 0 aromatic heterocycles. The molecule has 6 nitrogen and oxygen atoms in total. The molecule has 0 spiro atoms. The Labute approximate surface area is 130 Å². The molecule has 122 valence electrons. The first-order valence-corrected chi connectivity index (χ1v) is 8.02. The number of rotatable bonds is 4. The van der Waals surface area contributed by atoms with Crippen molar-refractivity contribution in [3.63, 3.8) is 0 Å². The standard InChI is InChI=1S/C16H24N2O4/c1-8-4-5-17(6-8)7-11-9(2)13-12(10(3)19)15(20)18(13)14(11)16(21)22/h8-10,12-13,19H,4-7H2,1-3H3,(H,21,22)/t8-,9+,10-,12?,13?/m1/s1. The molecule has 6 heteroatoms. The third-order valence-corrected chi connectivity index (χ3v) is 5.42. The van der Waals surface area contributed by atoms with E-state index in [1.54, 1.807) is 6.92 Å². The molecule has 3 aliphatic rings. The Balaban J connectivity index is 1.87. The second kappa shape index (κ2) is 5.35. The molecular formula is C16H24N2O4. The van der Waals surface area contributed by atoms with Gasteiger partial charge in [0.05, 0.1) is 18.1 Å². The van der Waals surface area contributed by atoms with Gasteiger partial charge in [-0.3, -0.25) is 9.69 Å². The van der Waals surface area contributed by atoms with Gasteiger partial charge < -0.3 is 15.1 Å². The minimum atomic E-state index is -1.03. The highest BCUT2D eigenvalue weighted by Crippen LogP contribution is 2.47. The van der Waals surface area contributed by atoms with Crippen LogP contribution in [0.5, 0.6) is 0 Å². The van der Waals surface area contributed by atoms with Gasteiger partial charge in [0.1, 0.15) is 5.70 Å². The van der Waals surface area contributed by atoms with E-state index >= 15 is 0 Å². The van der Waals surface area contributed by atoms with Gasteiger partial charge in [0.2, 0.25) is 5.91 Å². The van der Waals surface area contributed by atoms with Crippen LogP contribution in [0, 0.1) is 17.8 Å². The van der Waals surface area contributed by atoms with Crippen LogP contribution in [0.4, 0.5) is 0 Å². The summed E-state index contributed by atoms with van der Waals surface area (Å²) in [6.45, 7) is 8.34. The lowest BCUT2D eigenvalue weighted by Crippen LogP contribution is -2.63. The van der Waals surface area contributed by atoms with E-state index in [4.69, 9.17) is 0 Å². The van der Waals surface area contributed by atoms with Crippen LogP contribution in [-0.4, -0.2) is 63.7 Å². The molecule has 0 aromatic rings. The number of hydrogen-bond acceptors (Lipinski definition) is 4.